The van der Waals surface area contributed by atoms with E-state index in [1.165, 1.54) is 35.1 Å². The maximum Gasteiger partial charge on any atom is 0.254 e. The van der Waals surface area contributed by atoms with E-state index in [1.807, 2.05) is 26.2 Å². The van der Waals surface area contributed by atoms with Crippen molar-refractivity contribution in [2.75, 3.05) is 11.9 Å². The van der Waals surface area contributed by atoms with E-state index in [2.05, 4.69) is 27.8 Å². The van der Waals surface area contributed by atoms with Crippen molar-refractivity contribution in [1.82, 2.24) is 10.3 Å². The van der Waals surface area contributed by atoms with E-state index in [0.717, 1.165) is 22.4 Å². The zero-order valence-corrected chi connectivity index (χ0v) is 16.6. The molecule has 2 aromatic carbocycles. The lowest BCUT2D eigenvalue weighted by Gasteiger charge is -2.09. The molecule has 0 spiro atoms. The highest BCUT2D eigenvalue weighted by Gasteiger charge is 2.14. The topological polar surface area (TPSA) is 71.1 Å². The molecule has 3 aromatic rings. The van der Waals surface area contributed by atoms with Gasteiger partial charge in [-0.2, -0.15) is 0 Å². The average molecular weight is 397 g/mol. The number of amides is 2. The number of thiazole rings is 1. The van der Waals surface area contributed by atoms with Crippen molar-refractivity contribution in [1.29, 1.82) is 0 Å². The Bertz CT molecular complexity index is 1020. The number of carbonyl (C=O) groups is 2. The zero-order chi connectivity index (χ0) is 20.3. The molecule has 2 amide bonds. The molecule has 28 heavy (non-hydrogen) atoms. The van der Waals surface area contributed by atoms with Gasteiger partial charge in [-0.1, -0.05) is 29.8 Å². The summed E-state index contributed by atoms with van der Waals surface area (Å²) in [4.78, 5) is 28.6. The van der Waals surface area contributed by atoms with Gasteiger partial charge < -0.3 is 10.6 Å². The van der Waals surface area contributed by atoms with Crippen molar-refractivity contribution in [3.8, 4) is 11.3 Å². The molecule has 0 unspecified atom stereocenters. The molecule has 0 saturated heterocycles. The molecule has 3 rings (SSSR count). The molecule has 2 N–H and O–H groups in total. The summed E-state index contributed by atoms with van der Waals surface area (Å²) in [6, 6.07) is 9.81. The number of hydrogen-bond donors (Lipinski definition) is 2. The normalized spacial score (nSPS) is 10.6. The summed E-state index contributed by atoms with van der Waals surface area (Å²) in [6.07, 6.45) is 0. The van der Waals surface area contributed by atoms with Crippen molar-refractivity contribution in [3.63, 3.8) is 0 Å². The number of nitrogens with one attached hydrogen (secondary N) is 2. The molecule has 144 valence electrons. The third kappa shape index (κ3) is 4.43. The second-order valence-corrected chi connectivity index (χ2v) is 7.38. The van der Waals surface area contributed by atoms with Crippen LogP contribution in [0.25, 0.3) is 11.3 Å². The van der Waals surface area contributed by atoms with Crippen molar-refractivity contribution in [2.24, 2.45) is 0 Å². The van der Waals surface area contributed by atoms with Crippen molar-refractivity contribution in [2.45, 2.75) is 20.8 Å². The van der Waals surface area contributed by atoms with Crippen LogP contribution in [0.5, 0.6) is 0 Å². The van der Waals surface area contributed by atoms with Gasteiger partial charge in [0.05, 0.1) is 17.8 Å². The maximum absolute atomic E-state index is 13.6. The lowest BCUT2D eigenvalue weighted by Crippen LogP contribution is -2.33. The Kier molecular flexibility index (Phi) is 5.84. The van der Waals surface area contributed by atoms with Gasteiger partial charge in [-0.3, -0.25) is 9.59 Å². The van der Waals surface area contributed by atoms with Crippen LogP contribution in [0, 0.1) is 26.6 Å². The van der Waals surface area contributed by atoms with Gasteiger partial charge in [0.25, 0.3) is 5.91 Å². The van der Waals surface area contributed by atoms with Crippen LogP contribution >= 0.6 is 11.3 Å². The van der Waals surface area contributed by atoms with E-state index in [1.54, 1.807) is 6.07 Å². The number of halogens is 1. The van der Waals surface area contributed by atoms with Crippen molar-refractivity contribution in [3.05, 3.63) is 69.8 Å². The lowest BCUT2D eigenvalue weighted by atomic mass is 9.98. The molecule has 7 heteroatoms. The van der Waals surface area contributed by atoms with E-state index < -0.39 is 17.6 Å². The summed E-state index contributed by atoms with van der Waals surface area (Å²) >= 11 is 1.31. The molecule has 0 atom stereocenters. The SMILES string of the molecule is Cc1cc(C)c(-c2csc(NC(=O)CNC(=O)c3ccccc3F)n2)c(C)c1. The van der Waals surface area contributed by atoms with Crippen LogP contribution in [0.2, 0.25) is 0 Å². The number of aromatic nitrogens is 1. The third-order valence-corrected chi connectivity index (χ3v) is 4.97. The van der Waals surface area contributed by atoms with Gasteiger partial charge in [0.15, 0.2) is 5.13 Å². The predicted octanol–water partition coefficient (Wildman–Crippen LogP) is 4.24. The summed E-state index contributed by atoms with van der Waals surface area (Å²) < 4.78 is 13.6. The predicted molar refractivity (Wildman–Crippen MR) is 109 cm³/mol. The Morgan fingerprint density at radius 3 is 2.46 bits per heavy atom. The van der Waals surface area contributed by atoms with E-state index in [9.17, 15) is 14.0 Å². The fourth-order valence-electron chi connectivity index (χ4n) is 3.09. The minimum atomic E-state index is -0.640. The van der Waals surface area contributed by atoms with E-state index >= 15 is 0 Å². The van der Waals surface area contributed by atoms with Gasteiger partial charge in [-0.05, 0) is 44.0 Å². The summed E-state index contributed by atoms with van der Waals surface area (Å²) in [5.41, 5.74) is 5.18. The first-order valence-electron chi connectivity index (χ1n) is 8.71. The summed E-state index contributed by atoms with van der Waals surface area (Å²) in [5.74, 6) is -1.70. The van der Waals surface area contributed by atoms with Gasteiger partial charge in [0, 0.05) is 10.9 Å². The molecule has 0 aliphatic rings. The van der Waals surface area contributed by atoms with Crippen LogP contribution < -0.4 is 10.6 Å². The summed E-state index contributed by atoms with van der Waals surface area (Å²) in [7, 11) is 0. The lowest BCUT2D eigenvalue weighted by molar-refractivity contribution is -0.115. The number of rotatable bonds is 5. The van der Waals surface area contributed by atoms with Crippen LogP contribution in [0.4, 0.5) is 9.52 Å². The highest BCUT2D eigenvalue weighted by atomic mass is 32.1. The number of anilines is 1. The molecular weight excluding hydrogens is 377 g/mol. The Morgan fingerprint density at radius 1 is 1.11 bits per heavy atom. The Labute approximate surface area is 166 Å². The second kappa shape index (κ2) is 8.31. The highest BCUT2D eigenvalue weighted by molar-refractivity contribution is 7.14. The Balaban J connectivity index is 1.63. The van der Waals surface area contributed by atoms with Crippen LogP contribution in [0.3, 0.4) is 0 Å². The minimum absolute atomic E-state index is 0.0999. The molecule has 0 aliphatic carbocycles. The standard InChI is InChI=1S/C21H20FN3O2S/c1-12-8-13(2)19(14(3)9-12)17-11-28-21(24-17)25-18(26)10-23-20(27)15-6-4-5-7-16(15)22/h4-9,11H,10H2,1-3H3,(H,23,27)(H,24,25,26). The maximum atomic E-state index is 13.6. The fraction of sp³-hybridized carbons (Fsp3) is 0.190. The van der Waals surface area contributed by atoms with Gasteiger partial charge in [0.2, 0.25) is 5.91 Å². The Hall–Kier alpha value is -3.06. The van der Waals surface area contributed by atoms with Gasteiger partial charge >= 0.3 is 0 Å². The largest absolute Gasteiger partial charge is 0.343 e. The van der Waals surface area contributed by atoms with Gasteiger partial charge in [-0.15, -0.1) is 11.3 Å². The number of carbonyl (C=O) groups excluding carboxylic acids is 2. The third-order valence-electron chi connectivity index (χ3n) is 4.21. The smallest absolute Gasteiger partial charge is 0.254 e. The molecule has 5 nitrogen and oxygen atoms in total. The van der Waals surface area contributed by atoms with Gasteiger partial charge in [0.1, 0.15) is 5.82 Å². The van der Waals surface area contributed by atoms with Crippen LogP contribution in [-0.4, -0.2) is 23.3 Å². The Morgan fingerprint density at radius 2 is 1.79 bits per heavy atom. The van der Waals surface area contributed by atoms with Crippen LogP contribution in [0.1, 0.15) is 27.0 Å². The quantitative estimate of drug-likeness (QED) is 0.676. The van der Waals surface area contributed by atoms with Crippen LogP contribution in [-0.2, 0) is 4.79 Å². The molecule has 1 heterocycles. The molecular formula is C21H20FN3O2S. The summed E-state index contributed by atoms with van der Waals surface area (Å²) in [6.45, 7) is 5.84. The average Bonchev–Trinajstić information content (AvgIpc) is 3.07. The molecule has 0 fully saturated rings. The summed E-state index contributed by atoms with van der Waals surface area (Å²) in [5, 5.41) is 7.40. The number of hydrogen-bond acceptors (Lipinski definition) is 4. The van der Waals surface area contributed by atoms with Crippen molar-refractivity contribution >= 4 is 28.3 Å². The molecule has 0 radical (unpaired) electrons. The molecule has 0 aliphatic heterocycles. The monoisotopic (exact) mass is 397 g/mol. The van der Waals surface area contributed by atoms with E-state index in [0.29, 0.717) is 5.13 Å². The van der Waals surface area contributed by atoms with Gasteiger partial charge in [-0.25, -0.2) is 9.37 Å². The second-order valence-electron chi connectivity index (χ2n) is 6.52. The zero-order valence-electron chi connectivity index (χ0n) is 15.8. The molecule has 0 bridgehead atoms. The first-order chi connectivity index (χ1) is 13.3. The number of aryl methyl sites for hydroxylation is 3. The van der Waals surface area contributed by atoms with E-state index in [-0.39, 0.29) is 12.1 Å². The van der Waals surface area contributed by atoms with E-state index in [4.69, 9.17) is 0 Å². The highest BCUT2D eigenvalue weighted by Crippen LogP contribution is 2.30. The first kappa shape index (κ1) is 19.7. The fourth-order valence-corrected chi connectivity index (χ4v) is 3.81. The van der Waals surface area contributed by atoms with Crippen molar-refractivity contribution < 1.29 is 14.0 Å². The van der Waals surface area contributed by atoms with Crippen LogP contribution in [0.15, 0.2) is 41.8 Å². The minimum Gasteiger partial charge on any atom is -0.343 e. The number of benzene rings is 2. The molecule has 1 aromatic heterocycles. The molecule has 0 saturated carbocycles. The number of nitrogens with zero attached hydrogens (tertiary/aromatic N) is 1. The first-order valence-corrected chi connectivity index (χ1v) is 9.59.